The lowest BCUT2D eigenvalue weighted by molar-refractivity contribution is 0.0676. The van der Waals surface area contributed by atoms with E-state index in [1.54, 1.807) is 17.0 Å². The molecule has 0 atom stereocenters. The van der Waals surface area contributed by atoms with Crippen molar-refractivity contribution >= 4 is 15.9 Å². The third kappa shape index (κ3) is 4.36. The minimum absolute atomic E-state index is 0.0185. The fourth-order valence-electron chi connectivity index (χ4n) is 2.61. The molecule has 0 radical (unpaired) electrons. The van der Waals surface area contributed by atoms with Gasteiger partial charge in [0, 0.05) is 6.04 Å². The number of rotatable bonds is 6. The highest BCUT2D eigenvalue weighted by Crippen LogP contribution is 2.25. The summed E-state index contributed by atoms with van der Waals surface area (Å²) in [6.45, 7) is 0.270. The summed E-state index contributed by atoms with van der Waals surface area (Å²) in [5.41, 5.74) is 0. The average molecular weight is 324 g/mol. The summed E-state index contributed by atoms with van der Waals surface area (Å²) in [6, 6.07) is 3.31. The summed E-state index contributed by atoms with van der Waals surface area (Å²) < 4.78 is 29.9. The molecule has 0 bridgehead atoms. The van der Waals surface area contributed by atoms with Gasteiger partial charge in [-0.2, -0.15) is 0 Å². The molecule has 0 aliphatic heterocycles. The number of terminal acetylenes is 1. The van der Waals surface area contributed by atoms with Crippen molar-refractivity contribution in [2.45, 2.75) is 38.3 Å². The summed E-state index contributed by atoms with van der Waals surface area (Å²) in [5.74, 6) is 2.86. The van der Waals surface area contributed by atoms with Crippen molar-refractivity contribution in [3.63, 3.8) is 0 Å². The Bertz CT molecular complexity index is 666. The molecule has 1 aromatic heterocycles. The van der Waals surface area contributed by atoms with Crippen LogP contribution in [0, 0.1) is 12.3 Å². The lowest BCUT2D eigenvalue weighted by atomic mass is 10.2. The first kappa shape index (κ1) is 16.6. The number of sulfonamides is 1. The van der Waals surface area contributed by atoms with Crippen LogP contribution in [0.3, 0.4) is 0 Å². The quantitative estimate of drug-likeness (QED) is 0.801. The largest absolute Gasteiger partial charge is 0.455 e. The smallest absolute Gasteiger partial charge is 0.290 e. The summed E-state index contributed by atoms with van der Waals surface area (Å²) in [5, 5.41) is 0. The molecule has 6 nitrogen and oxygen atoms in total. The van der Waals surface area contributed by atoms with Crippen LogP contribution >= 0.6 is 0 Å². The molecular formula is C15H20N2O4S. The lowest BCUT2D eigenvalue weighted by Gasteiger charge is -2.26. The number of nitrogens with zero attached hydrogens (tertiary/aromatic N) is 1. The highest BCUT2D eigenvalue weighted by Gasteiger charge is 2.28. The SMILES string of the molecule is C#CCN(C(=O)c1ccc(CNS(C)(=O)=O)o1)C1CCCC1. The molecule has 1 aliphatic carbocycles. The Morgan fingerprint density at radius 1 is 1.45 bits per heavy atom. The number of carbonyl (C=O) groups excluding carboxylic acids is 1. The first-order valence-electron chi connectivity index (χ1n) is 7.18. The second kappa shape index (κ2) is 6.99. The Labute approximate surface area is 130 Å². The standard InChI is InChI=1S/C15H20N2O4S/c1-3-10-17(12-6-4-5-7-12)15(18)14-9-8-13(21-14)11-16-22(2,19)20/h1,8-9,12,16H,4-7,10-11H2,2H3. The Morgan fingerprint density at radius 3 is 2.73 bits per heavy atom. The summed E-state index contributed by atoms with van der Waals surface area (Å²) >= 11 is 0. The number of nitrogens with one attached hydrogen (secondary N) is 1. The highest BCUT2D eigenvalue weighted by molar-refractivity contribution is 7.88. The van der Waals surface area contributed by atoms with Gasteiger partial charge >= 0.3 is 0 Å². The lowest BCUT2D eigenvalue weighted by Crippen LogP contribution is -2.38. The maximum atomic E-state index is 12.5. The zero-order chi connectivity index (χ0) is 16.2. The van der Waals surface area contributed by atoms with E-state index in [0.717, 1.165) is 31.9 Å². The van der Waals surface area contributed by atoms with E-state index in [1.807, 2.05) is 0 Å². The molecule has 0 unspecified atom stereocenters. The molecule has 22 heavy (non-hydrogen) atoms. The van der Waals surface area contributed by atoms with Gasteiger partial charge in [-0.05, 0) is 25.0 Å². The first-order chi connectivity index (χ1) is 10.4. The molecule has 1 N–H and O–H groups in total. The van der Waals surface area contributed by atoms with Gasteiger partial charge in [0.2, 0.25) is 10.0 Å². The predicted octanol–water partition coefficient (Wildman–Crippen LogP) is 1.35. The van der Waals surface area contributed by atoms with Gasteiger partial charge in [0.25, 0.3) is 5.91 Å². The van der Waals surface area contributed by atoms with Crippen molar-refractivity contribution < 1.29 is 17.6 Å². The highest BCUT2D eigenvalue weighted by atomic mass is 32.2. The number of hydrogen-bond acceptors (Lipinski definition) is 4. The van der Waals surface area contributed by atoms with Crippen LogP contribution in [0.1, 0.15) is 42.0 Å². The molecule has 1 aliphatic rings. The molecule has 2 rings (SSSR count). The predicted molar refractivity (Wildman–Crippen MR) is 82.5 cm³/mol. The van der Waals surface area contributed by atoms with Gasteiger partial charge < -0.3 is 9.32 Å². The monoisotopic (exact) mass is 324 g/mol. The number of hydrogen-bond donors (Lipinski definition) is 1. The van der Waals surface area contributed by atoms with E-state index in [0.29, 0.717) is 5.76 Å². The Hall–Kier alpha value is -1.78. The fraction of sp³-hybridized carbons (Fsp3) is 0.533. The number of carbonyl (C=O) groups is 1. The third-order valence-corrected chi connectivity index (χ3v) is 4.34. The van der Waals surface area contributed by atoms with Gasteiger partial charge in [0.05, 0.1) is 19.3 Å². The van der Waals surface area contributed by atoms with Gasteiger partial charge in [-0.25, -0.2) is 13.1 Å². The van der Waals surface area contributed by atoms with Crippen LogP contribution in [-0.2, 0) is 16.6 Å². The molecule has 0 aromatic carbocycles. The van der Waals surface area contributed by atoms with E-state index in [-0.39, 0.29) is 30.8 Å². The molecule has 1 heterocycles. The molecule has 7 heteroatoms. The summed E-state index contributed by atoms with van der Waals surface area (Å²) in [6.07, 6.45) is 10.5. The molecular weight excluding hydrogens is 304 g/mol. The van der Waals surface area contributed by atoms with Crippen LogP contribution in [0.5, 0.6) is 0 Å². The van der Waals surface area contributed by atoms with Crippen LogP contribution < -0.4 is 4.72 Å². The molecule has 0 saturated heterocycles. The van der Waals surface area contributed by atoms with Crippen LogP contribution in [0.4, 0.5) is 0 Å². The zero-order valence-corrected chi connectivity index (χ0v) is 13.4. The van der Waals surface area contributed by atoms with E-state index in [4.69, 9.17) is 10.8 Å². The normalized spacial score (nSPS) is 15.6. The molecule has 1 saturated carbocycles. The van der Waals surface area contributed by atoms with E-state index < -0.39 is 10.0 Å². The average Bonchev–Trinajstić information content (AvgIpc) is 3.12. The van der Waals surface area contributed by atoms with Crippen LogP contribution in [-0.4, -0.2) is 38.1 Å². The van der Waals surface area contributed by atoms with Gasteiger partial charge in [-0.15, -0.1) is 6.42 Å². The minimum Gasteiger partial charge on any atom is -0.455 e. The molecule has 1 aromatic rings. The van der Waals surface area contributed by atoms with Crippen LogP contribution in [0.25, 0.3) is 0 Å². The van der Waals surface area contributed by atoms with E-state index >= 15 is 0 Å². The van der Waals surface area contributed by atoms with Gasteiger partial charge in [-0.3, -0.25) is 4.79 Å². The topological polar surface area (TPSA) is 79.6 Å². The van der Waals surface area contributed by atoms with Crippen LogP contribution in [0.2, 0.25) is 0 Å². The Kier molecular flexibility index (Phi) is 5.27. The first-order valence-corrected chi connectivity index (χ1v) is 9.07. The molecule has 1 fully saturated rings. The van der Waals surface area contributed by atoms with Gasteiger partial charge in [0.1, 0.15) is 5.76 Å². The maximum Gasteiger partial charge on any atom is 0.290 e. The maximum absolute atomic E-state index is 12.5. The van der Waals surface area contributed by atoms with Crippen molar-refractivity contribution in [3.8, 4) is 12.3 Å². The zero-order valence-electron chi connectivity index (χ0n) is 12.5. The van der Waals surface area contributed by atoms with Crippen molar-refractivity contribution in [2.75, 3.05) is 12.8 Å². The van der Waals surface area contributed by atoms with Gasteiger partial charge in [-0.1, -0.05) is 18.8 Å². The minimum atomic E-state index is -3.30. The van der Waals surface area contributed by atoms with E-state index in [1.165, 1.54) is 0 Å². The van der Waals surface area contributed by atoms with Crippen LogP contribution in [0.15, 0.2) is 16.5 Å². The molecule has 1 amide bonds. The Balaban J connectivity index is 2.07. The van der Waals surface area contributed by atoms with E-state index in [2.05, 4.69) is 10.6 Å². The number of furan rings is 1. The van der Waals surface area contributed by atoms with Crippen molar-refractivity contribution in [2.24, 2.45) is 0 Å². The molecule has 0 spiro atoms. The summed E-state index contributed by atoms with van der Waals surface area (Å²) in [4.78, 5) is 14.2. The second-order valence-corrected chi connectivity index (χ2v) is 7.27. The number of amides is 1. The van der Waals surface area contributed by atoms with E-state index in [9.17, 15) is 13.2 Å². The summed E-state index contributed by atoms with van der Waals surface area (Å²) in [7, 11) is -3.30. The van der Waals surface area contributed by atoms with Crippen molar-refractivity contribution in [1.82, 2.24) is 9.62 Å². The van der Waals surface area contributed by atoms with Crippen molar-refractivity contribution in [3.05, 3.63) is 23.7 Å². The van der Waals surface area contributed by atoms with Gasteiger partial charge in [0.15, 0.2) is 5.76 Å². The Morgan fingerprint density at radius 2 is 2.14 bits per heavy atom. The van der Waals surface area contributed by atoms with Crippen molar-refractivity contribution in [1.29, 1.82) is 0 Å². The second-order valence-electron chi connectivity index (χ2n) is 5.43. The third-order valence-electron chi connectivity index (χ3n) is 3.67. The molecule has 120 valence electrons. The fourth-order valence-corrected chi connectivity index (χ4v) is 3.02.